The molecule has 1 unspecified atom stereocenters. The Morgan fingerprint density at radius 3 is 2.89 bits per heavy atom. The molecule has 190 valence electrons. The number of carbonyl (C=O) groups excluding carboxylic acids is 2. The summed E-state index contributed by atoms with van der Waals surface area (Å²) in [7, 11) is 0. The first-order valence-corrected chi connectivity index (χ1v) is 13.1. The number of oxime groups is 1. The number of amides is 2. The molecule has 4 rings (SSSR count). The fourth-order valence-electron chi connectivity index (χ4n) is 3.38. The Morgan fingerprint density at radius 2 is 2.22 bits per heavy atom. The zero-order valence-corrected chi connectivity index (χ0v) is 21.2. The molecule has 4 N–H and O–H groups in total. The summed E-state index contributed by atoms with van der Waals surface area (Å²) in [4.78, 5) is 48.2. The predicted molar refractivity (Wildman–Crippen MR) is 135 cm³/mol. The molecule has 2 aliphatic heterocycles. The summed E-state index contributed by atoms with van der Waals surface area (Å²) in [5.41, 5.74) is 5.96. The van der Waals surface area contributed by atoms with Crippen LogP contribution in [-0.4, -0.2) is 88.2 Å². The maximum atomic E-state index is 13.0. The molecule has 0 spiro atoms. The van der Waals surface area contributed by atoms with Crippen LogP contribution < -0.4 is 11.1 Å². The number of nitrogens with two attached hydrogens (primary N) is 1. The minimum Gasteiger partial charge on any atom is -0.477 e. The number of terminal acetylenes is 2. The number of hydrogen-bond donors (Lipinski definition) is 3. The Kier molecular flexibility index (Phi) is 7.97. The number of carboxylic acids is 1. The van der Waals surface area contributed by atoms with Crippen LogP contribution in [0.25, 0.3) is 0 Å². The van der Waals surface area contributed by atoms with Crippen LogP contribution in [0.5, 0.6) is 0 Å². The van der Waals surface area contributed by atoms with Gasteiger partial charge < -0.3 is 21.0 Å². The summed E-state index contributed by atoms with van der Waals surface area (Å²) in [6.45, 7) is -0.0246. The quantitative estimate of drug-likeness (QED) is 0.0824. The van der Waals surface area contributed by atoms with Gasteiger partial charge in [-0.05, 0) is 16.0 Å². The monoisotopic (exact) mass is 559 g/mol. The molecule has 2 atom stereocenters. The van der Waals surface area contributed by atoms with Crippen molar-refractivity contribution in [3.63, 3.8) is 0 Å². The van der Waals surface area contributed by atoms with Gasteiger partial charge in [-0.1, -0.05) is 28.8 Å². The van der Waals surface area contributed by atoms with Gasteiger partial charge in [-0.25, -0.2) is 14.5 Å². The molecule has 17 heteroatoms. The molecule has 14 nitrogen and oxygen atoms in total. The Morgan fingerprint density at radius 1 is 1.41 bits per heavy atom. The van der Waals surface area contributed by atoms with E-state index in [0.29, 0.717) is 16.5 Å². The number of tetrazole rings is 1. The number of nitrogens with zero attached hydrogens (tertiary/aromatic N) is 7. The number of nitrogen functional groups attached to an aromatic ring is 1. The third kappa shape index (κ3) is 5.38. The lowest BCUT2D eigenvalue weighted by Crippen LogP contribution is -2.71. The first-order chi connectivity index (χ1) is 17.8. The van der Waals surface area contributed by atoms with E-state index in [2.05, 4.69) is 42.8 Å². The van der Waals surface area contributed by atoms with Crippen molar-refractivity contribution < 1.29 is 24.3 Å². The minimum atomic E-state index is -1.26. The molecule has 37 heavy (non-hydrogen) atoms. The summed E-state index contributed by atoms with van der Waals surface area (Å²) >= 11 is 3.61. The van der Waals surface area contributed by atoms with Crippen LogP contribution in [0.1, 0.15) is 5.69 Å². The summed E-state index contributed by atoms with van der Waals surface area (Å²) in [6.07, 6.45) is 10.5. The third-order valence-electron chi connectivity index (χ3n) is 4.94. The van der Waals surface area contributed by atoms with Crippen molar-refractivity contribution in [1.29, 1.82) is 0 Å². The largest absolute Gasteiger partial charge is 0.477 e. The number of carboxylic acid groups (broad SMARTS) is 1. The lowest BCUT2D eigenvalue weighted by atomic mass is 10.0. The van der Waals surface area contributed by atoms with Gasteiger partial charge >= 0.3 is 5.97 Å². The van der Waals surface area contributed by atoms with E-state index in [0.717, 1.165) is 16.2 Å². The van der Waals surface area contributed by atoms with Gasteiger partial charge in [0.1, 0.15) is 29.4 Å². The number of aliphatic carboxylic acids is 1. The molecule has 0 radical (unpaired) electrons. The predicted octanol–water partition coefficient (Wildman–Crippen LogP) is -0.770. The zero-order chi connectivity index (χ0) is 26.5. The average Bonchev–Trinajstić information content (AvgIpc) is 3.51. The van der Waals surface area contributed by atoms with E-state index < -0.39 is 29.2 Å². The number of thiazole rings is 1. The molecule has 2 amide bonds. The number of rotatable bonds is 10. The topological polar surface area (TPSA) is 191 Å². The highest BCUT2D eigenvalue weighted by Crippen LogP contribution is 2.41. The van der Waals surface area contributed by atoms with Crippen LogP contribution in [0, 0.1) is 24.7 Å². The minimum absolute atomic E-state index is 0.138. The van der Waals surface area contributed by atoms with Crippen molar-refractivity contribution in [2.75, 3.05) is 23.8 Å². The van der Waals surface area contributed by atoms with Crippen molar-refractivity contribution >= 4 is 63.5 Å². The van der Waals surface area contributed by atoms with Crippen molar-refractivity contribution in [3.05, 3.63) is 22.3 Å². The molecule has 0 saturated carbocycles. The smallest absolute Gasteiger partial charge is 0.352 e. The summed E-state index contributed by atoms with van der Waals surface area (Å²) < 4.78 is 1.41. The Balaban J connectivity index is 1.49. The van der Waals surface area contributed by atoms with E-state index in [4.69, 9.17) is 23.4 Å². The zero-order valence-electron chi connectivity index (χ0n) is 18.7. The lowest BCUT2D eigenvalue weighted by molar-refractivity contribution is -0.150. The van der Waals surface area contributed by atoms with Gasteiger partial charge in [0.2, 0.25) is 5.16 Å². The highest BCUT2D eigenvalue weighted by atomic mass is 32.2. The molecular weight excluding hydrogens is 542 g/mol. The van der Waals surface area contributed by atoms with Crippen LogP contribution in [0.2, 0.25) is 0 Å². The van der Waals surface area contributed by atoms with Gasteiger partial charge in [0.15, 0.2) is 17.5 Å². The lowest BCUT2D eigenvalue weighted by Gasteiger charge is -2.49. The normalized spacial score (nSPS) is 18.9. The van der Waals surface area contributed by atoms with Crippen molar-refractivity contribution in [2.45, 2.75) is 23.1 Å². The molecule has 1 saturated heterocycles. The average molecular weight is 560 g/mol. The van der Waals surface area contributed by atoms with Crippen LogP contribution in [0.3, 0.4) is 0 Å². The van der Waals surface area contributed by atoms with Gasteiger partial charge in [-0.2, -0.15) is 0 Å². The van der Waals surface area contributed by atoms with Crippen molar-refractivity contribution in [1.82, 2.24) is 35.4 Å². The number of fused-ring (bicyclic) bond motifs is 1. The second-order valence-electron chi connectivity index (χ2n) is 7.22. The van der Waals surface area contributed by atoms with Crippen LogP contribution in [0.4, 0.5) is 5.13 Å². The third-order valence-corrected chi connectivity index (χ3v) is 7.99. The Bertz CT molecular complexity index is 1390. The maximum Gasteiger partial charge on any atom is 0.352 e. The molecule has 0 bridgehead atoms. The number of thioether (sulfide) groups is 2. The summed E-state index contributed by atoms with van der Waals surface area (Å²) in [6, 6.07) is -0.988. The van der Waals surface area contributed by atoms with Gasteiger partial charge in [-0.3, -0.25) is 14.5 Å². The molecule has 4 heterocycles. The molecule has 2 aliphatic rings. The number of carbonyl (C=O) groups is 3. The van der Waals surface area contributed by atoms with E-state index in [9.17, 15) is 19.5 Å². The van der Waals surface area contributed by atoms with E-state index in [1.54, 1.807) is 0 Å². The molecular formula is C20H17N9O5S3. The van der Waals surface area contributed by atoms with Gasteiger partial charge in [0, 0.05) is 16.9 Å². The SMILES string of the molecule is C#CCON=C(C(=O)NC1C(=O)N2C(C(=O)O)=C(CSc3nnnn3CC#C)CS[C@@H]12)c1csc(N)n1. The van der Waals surface area contributed by atoms with E-state index >= 15 is 0 Å². The highest BCUT2D eigenvalue weighted by molar-refractivity contribution is 8.01. The molecule has 2 aromatic rings. The van der Waals surface area contributed by atoms with E-state index in [-0.39, 0.29) is 41.1 Å². The molecule has 2 aromatic heterocycles. The van der Waals surface area contributed by atoms with Gasteiger partial charge in [0.05, 0.1) is 0 Å². The fraction of sp³-hybridized carbons (Fsp3) is 0.300. The maximum absolute atomic E-state index is 13.0. The van der Waals surface area contributed by atoms with E-state index in [1.165, 1.54) is 33.6 Å². The van der Waals surface area contributed by atoms with Crippen LogP contribution >= 0.6 is 34.9 Å². The molecule has 0 aromatic carbocycles. The van der Waals surface area contributed by atoms with Crippen molar-refractivity contribution in [2.24, 2.45) is 5.16 Å². The highest BCUT2D eigenvalue weighted by Gasteiger charge is 2.54. The van der Waals surface area contributed by atoms with Crippen LogP contribution in [-0.2, 0) is 25.8 Å². The second-order valence-corrected chi connectivity index (χ2v) is 10.2. The Labute approximate surface area is 222 Å². The molecule has 1 fully saturated rings. The number of β-lactam (4-membered cyclic amide) rings is 1. The first-order valence-electron chi connectivity index (χ1n) is 10.2. The molecule has 0 aliphatic carbocycles. The van der Waals surface area contributed by atoms with E-state index in [1.807, 2.05) is 0 Å². The fourth-order valence-corrected chi connectivity index (χ4v) is 6.29. The van der Waals surface area contributed by atoms with Gasteiger partial charge in [-0.15, -0.1) is 41.0 Å². The second kappa shape index (κ2) is 11.3. The number of nitrogens with one attached hydrogen (secondary N) is 1. The van der Waals surface area contributed by atoms with Crippen molar-refractivity contribution in [3.8, 4) is 24.7 Å². The standard InChI is InChI=1S/C20H17N9O5S3/c1-3-5-28-20(24-26-27-28)37-8-10-7-35-17-13(16(31)29(17)14(10)18(32)33)23-15(30)12(25-34-6-4-2)11-9-36-19(21)22-11/h1-2,9,13,17H,5-8H2,(H2,21,22)(H,23,30)(H,32,33)/t13?,17-/m0/s1. The first kappa shape index (κ1) is 26.0. The number of aromatic nitrogens is 5. The summed E-state index contributed by atoms with van der Waals surface area (Å²) in [5.74, 6) is 2.60. The van der Waals surface area contributed by atoms with Crippen LogP contribution in [0.15, 0.2) is 27.0 Å². The number of anilines is 1. The summed E-state index contributed by atoms with van der Waals surface area (Å²) in [5, 5.41) is 29.0. The Hall–Kier alpha value is -4.06. The number of hydrogen-bond acceptors (Lipinski definition) is 13. The van der Waals surface area contributed by atoms with Gasteiger partial charge in [0.25, 0.3) is 11.8 Å².